The van der Waals surface area contributed by atoms with E-state index in [1.165, 1.54) is 11.3 Å². The molecular formula is C13H17N3. The normalized spacial score (nSPS) is 15.7. The second kappa shape index (κ2) is 4.54. The molecule has 2 rings (SSSR count). The van der Waals surface area contributed by atoms with Crippen molar-refractivity contribution in [2.75, 3.05) is 25.0 Å². The van der Waals surface area contributed by atoms with Crippen LogP contribution in [0, 0.1) is 11.3 Å². The molecule has 1 aliphatic heterocycles. The molecule has 1 aromatic carbocycles. The summed E-state index contributed by atoms with van der Waals surface area (Å²) >= 11 is 0. The number of nitrogens with zero attached hydrogens (tertiary/aromatic N) is 2. The lowest BCUT2D eigenvalue weighted by atomic mass is 10.0. The Labute approximate surface area is 96.7 Å². The summed E-state index contributed by atoms with van der Waals surface area (Å²) in [6.45, 7) is 3.91. The monoisotopic (exact) mass is 215 g/mol. The lowest BCUT2D eigenvalue weighted by molar-refractivity contribution is 0.658. The van der Waals surface area contributed by atoms with E-state index >= 15 is 0 Å². The van der Waals surface area contributed by atoms with Crippen LogP contribution in [0.3, 0.4) is 0 Å². The molecule has 0 radical (unpaired) electrons. The minimum absolute atomic E-state index is 0.179. The molecule has 1 aliphatic rings. The van der Waals surface area contributed by atoms with Crippen molar-refractivity contribution in [3.8, 4) is 6.07 Å². The van der Waals surface area contributed by atoms with Gasteiger partial charge in [-0.3, -0.25) is 5.32 Å². The van der Waals surface area contributed by atoms with Crippen LogP contribution < -0.4 is 10.2 Å². The summed E-state index contributed by atoms with van der Waals surface area (Å²) in [5.74, 6) is 0. The zero-order valence-corrected chi connectivity index (χ0v) is 9.83. The van der Waals surface area contributed by atoms with Crippen LogP contribution in [0.15, 0.2) is 18.2 Å². The Hall–Kier alpha value is -1.53. The molecule has 0 spiro atoms. The van der Waals surface area contributed by atoms with E-state index in [4.69, 9.17) is 5.26 Å². The standard InChI is InChI=1S/C13H17N3/c1-3-15-12(9-14)10-4-5-13-11(8-10)6-7-16(13)2/h4-5,8,12,15H,3,6-7H2,1-2H3. The summed E-state index contributed by atoms with van der Waals surface area (Å²) in [5.41, 5.74) is 3.74. The van der Waals surface area contributed by atoms with E-state index < -0.39 is 0 Å². The summed E-state index contributed by atoms with van der Waals surface area (Å²) in [7, 11) is 2.11. The van der Waals surface area contributed by atoms with Crippen LogP contribution in [0.25, 0.3) is 0 Å². The van der Waals surface area contributed by atoms with Gasteiger partial charge in [0.1, 0.15) is 6.04 Å². The molecule has 3 nitrogen and oxygen atoms in total. The average molecular weight is 215 g/mol. The topological polar surface area (TPSA) is 39.1 Å². The number of rotatable bonds is 3. The van der Waals surface area contributed by atoms with Crippen molar-refractivity contribution < 1.29 is 0 Å². The Kier molecular flexibility index (Phi) is 3.12. The Morgan fingerprint density at radius 1 is 1.56 bits per heavy atom. The Balaban J connectivity index is 2.28. The molecular weight excluding hydrogens is 198 g/mol. The summed E-state index contributed by atoms with van der Waals surface area (Å²) in [6.07, 6.45) is 1.09. The van der Waals surface area contributed by atoms with Crippen molar-refractivity contribution in [2.45, 2.75) is 19.4 Å². The summed E-state index contributed by atoms with van der Waals surface area (Å²) < 4.78 is 0. The minimum atomic E-state index is -0.179. The molecule has 1 atom stereocenters. The highest BCUT2D eigenvalue weighted by Gasteiger charge is 2.17. The maximum absolute atomic E-state index is 9.09. The molecule has 0 aliphatic carbocycles. The molecule has 0 saturated heterocycles. The van der Waals surface area contributed by atoms with Gasteiger partial charge in [-0.1, -0.05) is 19.1 Å². The predicted octanol–water partition coefficient (Wildman–Crippen LogP) is 1.85. The zero-order chi connectivity index (χ0) is 11.5. The van der Waals surface area contributed by atoms with Crippen molar-refractivity contribution in [1.29, 1.82) is 5.26 Å². The molecule has 16 heavy (non-hydrogen) atoms. The SMILES string of the molecule is CCNC(C#N)c1ccc2c(c1)CCN2C. The summed E-state index contributed by atoms with van der Waals surface area (Å²) in [6, 6.07) is 8.46. The van der Waals surface area contributed by atoms with Crippen molar-refractivity contribution in [2.24, 2.45) is 0 Å². The molecule has 1 heterocycles. The number of nitrogens with one attached hydrogen (secondary N) is 1. The lowest BCUT2D eigenvalue weighted by Crippen LogP contribution is -2.19. The van der Waals surface area contributed by atoms with Crippen molar-refractivity contribution >= 4 is 5.69 Å². The average Bonchev–Trinajstić information content (AvgIpc) is 2.67. The molecule has 1 aromatic rings. The first-order valence-electron chi connectivity index (χ1n) is 5.73. The molecule has 0 aromatic heterocycles. The largest absolute Gasteiger partial charge is 0.374 e. The van der Waals surface area contributed by atoms with Gasteiger partial charge in [-0.15, -0.1) is 0 Å². The van der Waals surface area contributed by atoms with Gasteiger partial charge in [-0.2, -0.15) is 5.26 Å². The first-order chi connectivity index (χ1) is 7.76. The van der Waals surface area contributed by atoms with Crippen LogP contribution in [-0.4, -0.2) is 20.1 Å². The summed E-state index contributed by atoms with van der Waals surface area (Å²) in [4.78, 5) is 2.26. The Morgan fingerprint density at radius 2 is 2.38 bits per heavy atom. The van der Waals surface area contributed by atoms with Gasteiger partial charge in [0.15, 0.2) is 0 Å². The van der Waals surface area contributed by atoms with Gasteiger partial charge in [-0.05, 0) is 30.2 Å². The maximum Gasteiger partial charge on any atom is 0.121 e. The van der Waals surface area contributed by atoms with Crippen molar-refractivity contribution in [3.05, 3.63) is 29.3 Å². The van der Waals surface area contributed by atoms with E-state index in [0.717, 1.165) is 25.1 Å². The van der Waals surface area contributed by atoms with E-state index in [0.29, 0.717) is 0 Å². The lowest BCUT2D eigenvalue weighted by Gasteiger charge is -2.14. The van der Waals surface area contributed by atoms with Crippen LogP contribution in [0.4, 0.5) is 5.69 Å². The van der Waals surface area contributed by atoms with Gasteiger partial charge >= 0.3 is 0 Å². The number of nitriles is 1. The first-order valence-corrected chi connectivity index (χ1v) is 5.73. The zero-order valence-electron chi connectivity index (χ0n) is 9.83. The fourth-order valence-electron chi connectivity index (χ4n) is 2.21. The number of likely N-dealkylation sites (N-methyl/N-ethyl adjacent to an activating group) is 1. The van der Waals surface area contributed by atoms with Crippen LogP contribution in [0.2, 0.25) is 0 Å². The highest BCUT2D eigenvalue weighted by molar-refractivity contribution is 5.59. The Bertz CT molecular complexity index is 420. The minimum Gasteiger partial charge on any atom is -0.374 e. The Morgan fingerprint density at radius 3 is 3.06 bits per heavy atom. The predicted molar refractivity (Wildman–Crippen MR) is 65.4 cm³/mol. The van der Waals surface area contributed by atoms with Gasteiger partial charge in [0, 0.05) is 19.3 Å². The third-order valence-corrected chi connectivity index (χ3v) is 3.10. The van der Waals surface area contributed by atoms with E-state index in [9.17, 15) is 0 Å². The van der Waals surface area contributed by atoms with Crippen LogP contribution in [0.5, 0.6) is 0 Å². The fourth-order valence-corrected chi connectivity index (χ4v) is 2.21. The van der Waals surface area contributed by atoms with E-state index in [2.05, 4.69) is 41.5 Å². The number of anilines is 1. The van der Waals surface area contributed by atoms with Crippen molar-refractivity contribution in [1.82, 2.24) is 5.32 Å². The number of hydrogen-bond acceptors (Lipinski definition) is 3. The van der Waals surface area contributed by atoms with Gasteiger partial charge in [0.25, 0.3) is 0 Å². The quantitative estimate of drug-likeness (QED) is 0.836. The van der Waals surface area contributed by atoms with Crippen LogP contribution in [-0.2, 0) is 6.42 Å². The van der Waals surface area contributed by atoms with E-state index in [1.807, 2.05) is 6.92 Å². The van der Waals surface area contributed by atoms with Crippen molar-refractivity contribution in [3.63, 3.8) is 0 Å². The number of benzene rings is 1. The molecule has 0 saturated carbocycles. The highest BCUT2D eigenvalue weighted by atomic mass is 15.1. The molecule has 0 amide bonds. The molecule has 3 heteroatoms. The first kappa shape index (κ1) is 11.0. The number of fused-ring (bicyclic) bond motifs is 1. The van der Waals surface area contributed by atoms with Crippen LogP contribution in [0.1, 0.15) is 24.1 Å². The molecule has 1 unspecified atom stereocenters. The second-order valence-electron chi connectivity index (χ2n) is 4.18. The van der Waals surface area contributed by atoms with Gasteiger partial charge in [-0.25, -0.2) is 0 Å². The molecule has 0 fully saturated rings. The molecule has 1 N–H and O–H groups in total. The maximum atomic E-state index is 9.09. The van der Waals surface area contributed by atoms with Gasteiger partial charge in [0.05, 0.1) is 6.07 Å². The van der Waals surface area contributed by atoms with Crippen LogP contribution >= 0.6 is 0 Å². The smallest absolute Gasteiger partial charge is 0.121 e. The summed E-state index contributed by atoms with van der Waals surface area (Å²) in [5, 5.41) is 12.3. The molecule has 0 bridgehead atoms. The fraction of sp³-hybridized carbons (Fsp3) is 0.462. The molecule has 84 valence electrons. The van der Waals surface area contributed by atoms with E-state index in [-0.39, 0.29) is 6.04 Å². The van der Waals surface area contributed by atoms with Gasteiger partial charge < -0.3 is 4.90 Å². The third-order valence-electron chi connectivity index (χ3n) is 3.10. The number of hydrogen-bond donors (Lipinski definition) is 1. The highest BCUT2D eigenvalue weighted by Crippen LogP contribution is 2.29. The van der Waals surface area contributed by atoms with E-state index in [1.54, 1.807) is 0 Å². The second-order valence-corrected chi connectivity index (χ2v) is 4.18. The van der Waals surface area contributed by atoms with Gasteiger partial charge in [0.2, 0.25) is 0 Å². The third kappa shape index (κ3) is 1.89.